The van der Waals surface area contributed by atoms with Gasteiger partial charge in [0.05, 0.1) is 12.2 Å². The molecule has 3 aromatic rings. The molecular weight excluding hydrogens is 382 g/mol. The van der Waals surface area contributed by atoms with E-state index in [0.717, 1.165) is 37.3 Å². The van der Waals surface area contributed by atoms with Crippen molar-refractivity contribution in [1.29, 1.82) is 0 Å². The van der Waals surface area contributed by atoms with Crippen molar-refractivity contribution in [3.05, 3.63) is 63.4 Å². The molecule has 1 N–H and O–H groups in total. The van der Waals surface area contributed by atoms with E-state index in [1.54, 1.807) is 23.7 Å². The maximum absolute atomic E-state index is 12.1. The number of hydrogen-bond donors (Lipinski definition) is 1. The zero-order valence-electron chi connectivity index (χ0n) is 15.4. The zero-order chi connectivity index (χ0) is 19.4. The van der Waals surface area contributed by atoms with Crippen LogP contribution < -0.4 is 10.1 Å². The first-order valence-electron chi connectivity index (χ1n) is 8.47. The minimum absolute atomic E-state index is 0.0478. The minimum atomic E-state index is -0.184. The number of amides is 1. The molecule has 0 atom stereocenters. The number of rotatable bonds is 6. The third kappa shape index (κ3) is 4.84. The van der Waals surface area contributed by atoms with Crippen LogP contribution in [0.15, 0.2) is 36.7 Å². The van der Waals surface area contributed by atoms with Crippen LogP contribution in [0.2, 0.25) is 5.02 Å². The summed E-state index contributed by atoms with van der Waals surface area (Å²) in [5, 5.41) is 4.50. The lowest BCUT2D eigenvalue weighted by Gasteiger charge is -2.10. The highest BCUT2D eigenvalue weighted by Crippen LogP contribution is 2.27. The van der Waals surface area contributed by atoms with E-state index in [1.165, 1.54) is 0 Å². The number of carbonyl (C=O) groups is 1. The van der Waals surface area contributed by atoms with Crippen molar-refractivity contribution >= 4 is 28.8 Å². The highest BCUT2D eigenvalue weighted by Gasteiger charge is 2.11. The molecule has 1 amide bonds. The molecule has 0 unspecified atom stereocenters. The number of halogens is 1. The van der Waals surface area contributed by atoms with Crippen LogP contribution in [-0.2, 0) is 11.3 Å². The van der Waals surface area contributed by atoms with Crippen molar-refractivity contribution < 1.29 is 9.53 Å². The Hall–Kier alpha value is -2.44. The number of thiazole rings is 1. The fourth-order valence-electron chi connectivity index (χ4n) is 2.57. The molecular formula is C20H20ClN3O2S. The third-order valence-corrected chi connectivity index (χ3v) is 5.83. The Labute approximate surface area is 167 Å². The summed E-state index contributed by atoms with van der Waals surface area (Å²) in [6.45, 7) is 6.13. The predicted octanol–water partition coefficient (Wildman–Crippen LogP) is 4.48. The van der Waals surface area contributed by atoms with Crippen molar-refractivity contribution in [3.8, 4) is 16.3 Å². The van der Waals surface area contributed by atoms with Crippen molar-refractivity contribution in [2.45, 2.75) is 27.3 Å². The second kappa shape index (κ2) is 8.50. The summed E-state index contributed by atoms with van der Waals surface area (Å²) < 4.78 is 5.59. The Morgan fingerprint density at radius 1 is 1.26 bits per heavy atom. The Morgan fingerprint density at radius 2 is 2.00 bits per heavy atom. The highest BCUT2D eigenvalue weighted by atomic mass is 35.5. The van der Waals surface area contributed by atoms with Crippen LogP contribution in [-0.4, -0.2) is 22.5 Å². The van der Waals surface area contributed by atoms with Gasteiger partial charge in [-0.25, -0.2) is 4.98 Å². The summed E-state index contributed by atoms with van der Waals surface area (Å²) in [5.74, 6) is 0.452. The monoisotopic (exact) mass is 401 g/mol. The van der Waals surface area contributed by atoms with Gasteiger partial charge in [0.2, 0.25) is 0 Å². The highest BCUT2D eigenvalue weighted by molar-refractivity contribution is 7.15. The average Bonchev–Trinajstić information content (AvgIpc) is 3.04. The second-order valence-corrected chi connectivity index (χ2v) is 7.67. The van der Waals surface area contributed by atoms with Crippen LogP contribution >= 0.6 is 22.9 Å². The summed E-state index contributed by atoms with van der Waals surface area (Å²) >= 11 is 7.70. The molecule has 0 radical (unpaired) electrons. The topological polar surface area (TPSA) is 64.1 Å². The first-order valence-corrected chi connectivity index (χ1v) is 9.66. The molecule has 0 aliphatic rings. The van der Waals surface area contributed by atoms with Crippen molar-refractivity contribution in [2.75, 3.05) is 6.61 Å². The van der Waals surface area contributed by atoms with Crippen LogP contribution in [0, 0.1) is 20.8 Å². The van der Waals surface area contributed by atoms with Gasteiger partial charge in [0.25, 0.3) is 5.91 Å². The maximum Gasteiger partial charge on any atom is 0.258 e. The van der Waals surface area contributed by atoms with Crippen molar-refractivity contribution in [1.82, 2.24) is 15.3 Å². The van der Waals surface area contributed by atoms with Gasteiger partial charge in [0.1, 0.15) is 10.8 Å². The summed E-state index contributed by atoms with van der Waals surface area (Å²) in [7, 11) is 0. The summed E-state index contributed by atoms with van der Waals surface area (Å²) in [6.07, 6.45) is 3.51. The molecule has 1 aromatic carbocycles. The molecule has 0 fully saturated rings. The quantitative estimate of drug-likeness (QED) is 0.661. The molecule has 0 saturated heterocycles. The van der Waals surface area contributed by atoms with Gasteiger partial charge in [-0.2, -0.15) is 0 Å². The SMILES string of the molecule is Cc1cc(OCC(=O)NCc2sc(-c3cccnc3)nc2C)cc(C)c1Cl. The zero-order valence-corrected chi connectivity index (χ0v) is 16.9. The average molecular weight is 402 g/mol. The molecule has 0 bridgehead atoms. The van der Waals surface area contributed by atoms with Gasteiger partial charge in [-0.15, -0.1) is 11.3 Å². The van der Waals surface area contributed by atoms with Gasteiger partial charge < -0.3 is 10.1 Å². The lowest BCUT2D eigenvalue weighted by atomic mass is 10.1. The minimum Gasteiger partial charge on any atom is -0.484 e. The lowest BCUT2D eigenvalue weighted by Crippen LogP contribution is -2.28. The van der Waals surface area contributed by atoms with Gasteiger partial charge in [0.15, 0.2) is 6.61 Å². The van der Waals surface area contributed by atoms with Crippen LogP contribution in [0.5, 0.6) is 5.75 Å². The van der Waals surface area contributed by atoms with E-state index in [2.05, 4.69) is 15.3 Å². The van der Waals surface area contributed by atoms with Gasteiger partial charge in [-0.05, 0) is 56.2 Å². The number of aryl methyl sites for hydroxylation is 3. The Balaban J connectivity index is 1.56. The number of nitrogens with zero attached hydrogens (tertiary/aromatic N) is 2. The van der Waals surface area contributed by atoms with Gasteiger partial charge in [0, 0.05) is 27.9 Å². The van der Waals surface area contributed by atoms with Gasteiger partial charge >= 0.3 is 0 Å². The van der Waals surface area contributed by atoms with Gasteiger partial charge in [-0.1, -0.05) is 11.6 Å². The van der Waals surface area contributed by atoms with E-state index >= 15 is 0 Å². The van der Waals surface area contributed by atoms with E-state index in [-0.39, 0.29) is 12.5 Å². The predicted molar refractivity (Wildman–Crippen MR) is 108 cm³/mol. The smallest absolute Gasteiger partial charge is 0.258 e. The molecule has 5 nitrogen and oxygen atoms in total. The van der Waals surface area contributed by atoms with E-state index < -0.39 is 0 Å². The molecule has 0 aliphatic carbocycles. The first-order chi connectivity index (χ1) is 12.9. The molecule has 2 heterocycles. The van der Waals surface area contributed by atoms with E-state index in [9.17, 15) is 4.79 Å². The van der Waals surface area contributed by atoms with E-state index in [4.69, 9.17) is 16.3 Å². The number of carbonyl (C=O) groups excluding carboxylic acids is 1. The van der Waals surface area contributed by atoms with Crippen LogP contribution in [0.3, 0.4) is 0 Å². The summed E-state index contributed by atoms with van der Waals surface area (Å²) in [4.78, 5) is 21.8. The fraction of sp³-hybridized carbons (Fsp3) is 0.250. The summed E-state index contributed by atoms with van der Waals surface area (Å²) in [6, 6.07) is 7.51. The fourth-order valence-corrected chi connectivity index (χ4v) is 3.67. The molecule has 0 spiro atoms. The number of pyridine rings is 1. The number of hydrogen-bond acceptors (Lipinski definition) is 5. The van der Waals surface area contributed by atoms with Crippen LogP contribution in [0.25, 0.3) is 10.6 Å². The largest absolute Gasteiger partial charge is 0.484 e. The lowest BCUT2D eigenvalue weighted by molar-refractivity contribution is -0.123. The molecule has 3 rings (SSSR count). The molecule has 2 aromatic heterocycles. The Kier molecular flexibility index (Phi) is 6.08. The van der Waals surface area contributed by atoms with Crippen LogP contribution in [0.4, 0.5) is 0 Å². The molecule has 0 saturated carbocycles. The number of nitrogens with one attached hydrogen (secondary N) is 1. The number of aromatic nitrogens is 2. The van der Waals surface area contributed by atoms with Gasteiger partial charge in [-0.3, -0.25) is 9.78 Å². The first kappa shape index (κ1) is 19.3. The maximum atomic E-state index is 12.1. The normalized spacial score (nSPS) is 10.7. The number of benzene rings is 1. The standard InChI is InChI=1S/C20H20ClN3O2S/c1-12-7-16(8-13(2)19(12)21)26-11-18(25)23-10-17-14(3)24-20(27-17)15-5-4-6-22-9-15/h4-9H,10-11H2,1-3H3,(H,23,25). The molecule has 0 aliphatic heterocycles. The van der Waals surface area contributed by atoms with Crippen molar-refractivity contribution in [3.63, 3.8) is 0 Å². The van der Waals surface area contributed by atoms with Crippen LogP contribution in [0.1, 0.15) is 21.7 Å². The Morgan fingerprint density at radius 3 is 2.67 bits per heavy atom. The number of ether oxygens (including phenoxy) is 1. The molecule has 140 valence electrons. The second-order valence-electron chi connectivity index (χ2n) is 6.21. The van der Waals surface area contributed by atoms with Crippen molar-refractivity contribution in [2.24, 2.45) is 0 Å². The van der Waals surface area contributed by atoms with E-state index in [0.29, 0.717) is 12.3 Å². The molecule has 7 heteroatoms. The van der Waals surface area contributed by atoms with E-state index in [1.807, 2.05) is 45.0 Å². The molecule has 27 heavy (non-hydrogen) atoms. The third-order valence-electron chi connectivity index (χ3n) is 4.03. The Bertz CT molecular complexity index is 934. The summed E-state index contributed by atoms with van der Waals surface area (Å²) in [5.41, 5.74) is 3.73.